The van der Waals surface area contributed by atoms with Crippen LogP contribution in [0.4, 0.5) is 4.39 Å². The third kappa shape index (κ3) is 4.05. The minimum atomic E-state index is -0.563. The first-order valence-electron chi connectivity index (χ1n) is 6.56. The quantitative estimate of drug-likeness (QED) is 0.854. The molecule has 114 valence electrons. The molecule has 0 bridgehead atoms. The Kier molecular flexibility index (Phi) is 5.12. The predicted molar refractivity (Wildman–Crippen MR) is 81.9 cm³/mol. The van der Waals surface area contributed by atoms with Gasteiger partial charge in [-0.2, -0.15) is 0 Å². The van der Waals surface area contributed by atoms with Crippen molar-refractivity contribution in [2.45, 2.75) is 13.3 Å². The Hall–Kier alpha value is -2.40. The van der Waals surface area contributed by atoms with Crippen molar-refractivity contribution >= 4 is 23.4 Å². The van der Waals surface area contributed by atoms with Crippen molar-refractivity contribution in [1.82, 2.24) is 10.9 Å². The maximum Gasteiger partial charge on any atom is 0.269 e. The van der Waals surface area contributed by atoms with Crippen molar-refractivity contribution < 1.29 is 14.0 Å². The molecule has 0 spiro atoms. The molecule has 0 aliphatic heterocycles. The lowest BCUT2D eigenvalue weighted by atomic mass is 10.1. The fraction of sp³-hybridized carbons (Fsp3) is 0.125. The Labute approximate surface area is 132 Å². The highest BCUT2D eigenvalue weighted by molar-refractivity contribution is 6.31. The normalized spacial score (nSPS) is 10.1. The molecule has 0 heterocycles. The van der Waals surface area contributed by atoms with E-state index in [0.29, 0.717) is 5.56 Å². The third-order valence-corrected chi connectivity index (χ3v) is 3.38. The highest BCUT2D eigenvalue weighted by Crippen LogP contribution is 2.19. The number of amides is 2. The Morgan fingerprint density at radius 2 is 1.77 bits per heavy atom. The van der Waals surface area contributed by atoms with Crippen LogP contribution in [0.1, 0.15) is 21.5 Å². The third-order valence-electron chi connectivity index (χ3n) is 3.03. The van der Waals surface area contributed by atoms with Gasteiger partial charge in [0, 0.05) is 16.1 Å². The maximum absolute atomic E-state index is 13.6. The van der Waals surface area contributed by atoms with Gasteiger partial charge in [-0.15, -0.1) is 0 Å². The summed E-state index contributed by atoms with van der Waals surface area (Å²) >= 11 is 5.84. The van der Waals surface area contributed by atoms with Gasteiger partial charge in [0.05, 0.1) is 6.42 Å². The second-order valence-electron chi connectivity index (χ2n) is 4.75. The van der Waals surface area contributed by atoms with Gasteiger partial charge in [-0.25, -0.2) is 4.39 Å². The smallest absolute Gasteiger partial charge is 0.269 e. The summed E-state index contributed by atoms with van der Waals surface area (Å²) in [5.74, 6) is -1.58. The first-order valence-corrected chi connectivity index (χ1v) is 6.94. The molecule has 6 heteroatoms. The first-order chi connectivity index (χ1) is 10.5. The largest absolute Gasteiger partial charge is 0.273 e. The van der Waals surface area contributed by atoms with Crippen molar-refractivity contribution in [2.24, 2.45) is 0 Å². The van der Waals surface area contributed by atoms with Gasteiger partial charge in [0.15, 0.2) is 0 Å². The van der Waals surface area contributed by atoms with E-state index >= 15 is 0 Å². The monoisotopic (exact) mass is 320 g/mol. The van der Waals surface area contributed by atoms with E-state index in [1.54, 1.807) is 24.3 Å². The maximum atomic E-state index is 13.6. The summed E-state index contributed by atoms with van der Waals surface area (Å²) < 4.78 is 13.6. The van der Waals surface area contributed by atoms with Gasteiger partial charge in [0.25, 0.3) is 5.91 Å². The molecule has 2 aromatic carbocycles. The van der Waals surface area contributed by atoms with Gasteiger partial charge >= 0.3 is 0 Å². The predicted octanol–water partition coefficient (Wildman–Crippen LogP) is 2.79. The molecule has 0 saturated carbocycles. The molecule has 2 aromatic rings. The van der Waals surface area contributed by atoms with E-state index in [1.807, 2.05) is 6.92 Å². The zero-order valence-corrected chi connectivity index (χ0v) is 12.6. The topological polar surface area (TPSA) is 58.2 Å². The Morgan fingerprint density at radius 3 is 2.41 bits per heavy atom. The molecule has 0 aliphatic rings. The number of benzene rings is 2. The van der Waals surface area contributed by atoms with Crippen molar-refractivity contribution in [3.8, 4) is 0 Å². The molecule has 2 rings (SSSR count). The van der Waals surface area contributed by atoms with E-state index in [1.165, 1.54) is 18.2 Å². The second-order valence-corrected chi connectivity index (χ2v) is 5.15. The number of halogens is 2. The van der Waals surface area contributed by atoms with Crippen LogP contribution in [0, 0.1) is 12.7 Å². The lowest BCUT2D eigenvalue weighted by molar-refractivity contribution is -0.121. The van der Waals surface area contributed by atoms with Crippen LogP contribution in [0.25, 0.3) is 0 Å². The summed E-state index contributed by atoms with van der Waals surface area (Å²) in [4.78, 5) is 23.6. The van der Waals surface area contributed by atoms with Crippen LogP contribution in [0.3, 0.4) is 0 Å². The standard InChI is InChI=1S/C16H14ClFN2O2/c1-10-5-7-11(8-6-10)16(22)20-19-15(21)9-12-13(17)3-2-4-14(12)18/h2-8H,9H2,1H3,(H,19,21)(H,20,22). The van der Waals surface area contributed by atoms with Crippen molar-refractivity contribution in [3.63, 3.8) is 0 Å². The molecule has 0 aliphatic carbocycles. The van der Waals surface area contributed by atoms with E-state index < -0.39 is 17.6 Å². The van der Waals surface area contributed by atoms with Crippen LogP contribution < -0.4 is 10.9 Å². The van der Waals surface area contributed by atoms with Gasteiger partial charge in [0.1, 0.15) is 5.82 Å². The van der Waals surface area contributed by atoms with Crippen LogP contribution in [-0.4, -0.2) is 11.8 Å². The molecule has 0 unspecified atom stereocenters. The lowest BCUT2D eigenvalue weighted by Gasteiger charge is -2.09. The Bertz CT molecular complexity index is 682. The highest BCUT2D eigenvalue weighted by Gasteiger charge is 2.13. The fourth-order valence-electron chi connectivity index (χ4n) is 1.81. The van der Waals surface area contributed by atoms with Crippen molar-refractivity contribution in [3.05, 3.63) is 70.0 Å². The van der Waals surface area contributed by atoms with E-state index in [-0.39, 0.29) is 17.0 Å². The minimum Gasteiger partial charge on any atom is -0.273 e. The molecular weight excluding hydrogens is 307 g/mol. The molecule has 4 nitrogen and oxygen atoms in total. The van der Waals surface area contributed by atoms with Gasteiger partial charge in [-0.05, 0) is 31.2 Å². The summed E-state index contributed by atoms with van der Waals surface area (Å²) in [7, 11) is 0. The van der Waals surface area contributed by atoms with Crippen LogP contribution >= 0.6 is 11.6 Å². The molecule has 0 fully saturated rings. The van der Waals surface area contributed by atoms with E-state index in [0.717, 1.165) is 5.56 Å². The van der Waals surface area contributed by atoms with Crippen LogP contribution in [-0.2, 0) is 11.2 Å². The fourth-order valence-corrected chi connectivity index (χ4v) is 2.04. The van der Waals surface area contributed by atoms with Crippen molar-refractivity contribution in [1.29, 1.82) is 0 Å². The molecule has 0 aromatic heterocycles. The minimum absolute atomic E-state index is 0.0891. The zero-order valence-electron chi connectivity index (χ0n) is 11.8. The molecule has 22 heavy (non-hydrogen) atoms. The van der Waals surface area contributed by atoms with Gasteiger partial charge in [-0.1, -0.05) is 35.4 Å². The lowest BCUT2D eigenvalue weighted by Crippen LogP contribution is -2.42. The summed E-state index contributed by atoms with van der Waals surface area (Å²) in [5, 5.41) is 0.167. The molecule has 0 saturated heterocycles. The Morgan fingerprint density at radius 1 is 1.09 bits per heavy atom. The molecule has 2 N–H and O–H groups in total. The highest BCUT2D eigenvalue weighted by atomic mass is 35.5. The number of rotatable bonds is 3. The van der Waals surface area contributed by atoms with E-state index in [2.05, 4.69) is 10.9 Å². The average molecular weight is 321 g/mol. The number of nitrogens with one attached hydrogen (secondary N) is 2. The second kappa shape index (κ2) is 7.04. The summed E-state index contributed by atoms with van der Waals surface area (Å²) in [6.45, 7) is 1.90. The summed E-state index contributed by atoms with van der Waals surface area (Å²) in [5.41, 5.74) is 6.03. The van der Waals surface area contributed by atoms with Crippen LogP contribution in [0.15, 0.2) is 42.5 Å². The number of carbonyl (C=O) groups is 2. The number of hydrogen-bond donors (Lipinski definition) is 2. The molecule has 0 radical (unpaired) electrons. The number of hydrogen-bond acceptors (Lipinski definition) is 2. The number of aryl methyl sites for hydroxylation is 1. The van der Waals surface area contributed by atoms with E-state index in [9.17, 15) is 14.0 Å². The summed E-state index contributed by atoms with van der Waals surface area (Å²) in [6, 6.07) is 11.0. The Balaban J connectivity index is 1.93. The molecule has 0 atom stereocenters. The molecule has 2 amide bonds. The van der Waals surface area contributed by atoms with Gasteiger partial charge < -0.3 is 0 Å². The molecular formula is C16H14ClFN2O2. The van der Waals surface area contributed by atoms with E-state index in [4.69, 9.17) is 11.6 Å². The zero-order chi connectivity index (χ0) is 16.1. The summed E-state index contributed by atoms with van der Waals surface area (Å²) in [6.07, 6.45) is -0.264. The van der Waals surface area contributed by atoms with Gasteiger partial charge in [-0.3, -0.25) is 20.4 Å². The number of carbonyl (C=O) groups excluding carboxylic acids is 2. The van der Waals surface area contributed by atoms with Crippen LogP contribution in [0.5, 0.6) is 0 Å². The SMILES string of the molecule is Cc1ccc(C(=O)NNC(=O)Cc2c(F)cccc2Cl)cc1. The van der Waals surface area contributed by atoms with Crippen molar-refractivity contribution in [2.75, 3.05) is 0 Å². The van der Waals surface area contributed by atoms with Gasteiger partial charge in [0.2, 0.25) is 5.91 Å². The number of hydrazine groups is 1. The average Bonchev–Trinajstić information content (AvgIpc) is 2.49. The van der Waals surface area contributed by atoms with Crippen LogP contribution in [0.2, 0.25) is 5.02 Å². The first kappa shape index (κ1) is 16.0.